The summed E-state index contributed by atoms with van der Waals surface area (Å²) in [6.45, 7) is 0. The van der Waals surface area contributed by atoms with E-state index in [1.165, 1.54) is 6.20 Å². The largest absolute Gasteiger partial charge is 0.353 e. The van der Waals surface area contributed by atoms with Gasteiger partial charge in [-0.05, 0) is 12.1 Å². The van der Waals surface area contributed by atoms with E-state index in [-0.39, 0.29) is 16.3 Å². The minimum atomic E-state index is 0.0786. The predicted molar refractivity (Wildman–Crippen MR) is 68.4 cm³/mol. The van der Waals surface area contributed by atoms with Crippen molar-refractivity contribution in [3.63, 3.8) is 0 Å². The van der Waals surface area contributed by atoms with Crippen molar-refractivity contribution >= 4 is 23.0 Å². The van der Waals surface area contributed by atoms with Gasteiger partial charge in [-0.2, -0.15) is 10.5 Å². The SMILES string of the molecule is N#Cc1cnc(Cl)c(C#N)c1Nc1ccccc1. The van der Waals surface area contributed by atoms with Crippen molar-refractivity contribution in [2.45, 2.75) is 0 Å². The van der Waals surface area contributed by atoms with Gasteiger partial charge < -0.3 is 5.32 Å². The second-order valence-electron chi connectivity index (χ2n) is 3.43. The van der Waals surface area contributed by atoms with E-state index in [2.05, 4.69) is 10.3 Å². The van der Waals surface area contributed by atoms with Crippen molar-refractivity contribution in [2.24, 2.45) is 0 Å². The number of halogens is 1. The van der Waals surface area contributed by atoms with Crippen LogP contribution in [0.2, 0.25) is 5.15 Å². The number of hydrogen-bond acceptors (Lipinski definition) is 4. The van der Waals surface area contributed by atoms with Gasteiger partial charge in [0, 0.05) is 11.9 Å². The quantitative estimate of drug-likeness (QED) is 0.835. The smallest absolute Gasteiger partial charge is 0.148 e. The zero-order valence-electron chi connectivity index (χ0n) is 9.18. The standard InChI is InChI=1S/C13H7ClN4/c14-13-11(7-16)12(9(6-15)8-17-13)18-10-4-2-1-3-5-10/h1-5,8H,(H,17,18). The molecule has 5 heteroatoms. The van der Waals surface area contributed by atoms with Crippen LogP contribution in [0, 0.1) is 22.7 Å². The number of nitriles is 2. The summed E-state index contributed by atoms with van der Waals surface area (Å²) in [5.41, 5.74) is 1.60. The fraction of sp³-hybridized carbons (Fsp3) is 0. The van der Waals surface area contributed by atoms with Crippen LogP contribution < -0.4 is 5.32 Å². The summed E-state index contributed by atoms with van der Waals surface area (Å²) in [6, 6.07) is 13.2. The van der Waals surface area contributed by atoms with E-state index in [0.717, 1.165) is 5.69 Å². The molecule has 0 spiro atoms. The molecule has 86 valence electrons. The van der Waals surface area contributed by atoms with Gasteiger partial charge in [0.25, 0.3) is 0 Å². The molecule has 1 aromatic carbocycles. The highest BCUT2D eigenvalue weighted by Gasteiger charge is 2.13. The Morgan fingerprint density at radius 3 is 2.44 bits per heavy atom. The number of anilines is 2. The van der Waals surface area contributed by atoms with Crippen LogP contribution in [0.15, 0.2) is 36.5 Å². The van der Waals surface area contributed by atoms with Crippen molar-refractivity contribution in [1.29, 1.82) is 10.5 Å². The van der Waals surface area contributed by atoms with Gasteiger partial charge >= 0.3 is 0 Å². The van der Waals surface area contributed by atoms with Crippen molar-refractivity contribution in [3.8, 4) is 12.1 Å². The molecular formula is C13H7ClN4. The third-order valence-electron chi connectivity index (χ3n) is 2.31. The lowest BCUT2D eigenvalue weighted by Gasteiger charge is -2.10. The maximum atomic E-state index is 9.07. The molecule has 0 aliphatic heterocycles. The molecule has 1 N–H and O–H groups in total. The number of nitrogens with zero attached hydrogens (tertiary/aromatic N) is 3. The van der Waals surface area contributed by atoms with Crippen LogP contribution in [0.25, 0.3) is 0 Å². The van der Waals surface area contributed by atoms with E-state index >= 15 is 0 Å². The first-order chi connectivity index (χ1) is 8.76. The van der Waals surface area contributed by atoms with Crippen LogP contribution in [0.5, 0.6) is 0 Å². The first kappa shape index (κ1) is 11.9. The van der Waals surface area contributed by atoms with Gasteiger partial charge in [-0.1, -0.05) is 29.8 Å². The molecule has 2 rings (SSSR count). The van der Waals surface area contributed by atoms with Crippen LogP contribution >= 0.6 is 11.6 Å². The Balaban J connectivity index is 2.53. The lowest BCUT2D eigenvalue weighted by Crippen LogP contribution is -1.99. The van der Waals surface area contributed by atoms with E-state index < -0.39 is 0 Å². The Morgan fingerprint density at radius 2 is 1.83 bits per heavy atom. The highest BCUT2D eigenvalue weighted by atomic mass is 35.5. The summed E-state index contributed by atoms with van der Waals surface area (Å²) in [6.07, 6.45) is 1.34. The Morgan fingerprint density at radius 1 is 1.11 bits per heavy atom. The molecule has 0 radical (unpaired) electrons. The van der Waals surface area contributed by atoms with Gasteiger partial charge in [-0.15, -0.1) is 0 Å². The van der Waals surface area contributed by atoms with E-state index in [0.29, 0.717) is 5.69 Å². The third kappa shape index (κ3) is 2.24. The molecule has 18 heavy (non-hydrogen) atoms. The summed E-state index contributed by atoms with van der Waals surface area (Å²) >= 11 is 5.84. The lowest BCUT2D eigenvalue weighted by atomic mass is 10.1. The van der Waals surface area contributed by atoms with E-state index in [1.807, 2.05) is 42.5 Å². The minimum absolute atomic E-state index is 0.0786. The molecule has 1 heterocycles. The first-order valence-electron chi connectivity index (χ1n) is 5.07. The average Bonchev–Trinajstić information content (AvgIpc) is 2.40. The van der Waals surface area contributed by atoms with Gasteiger partial charge in [-0.3, -0.25) is 0 Å². The van der Waals surface area contributed by atoms with Crippen LogP contribution in [0.3, 0.4) is 0 Å². The summed E-state index contributed by atoms with van der Waals surface area (Å²) in [5.74, 6) is 0. The summed E-state index contributed by atoms with van der Waals surface area (Å²) in [7, 11) is 0. The minimum Gasteiger partial charge on any atom is -0.353 e. The zero-order valence-corrected chi connectivity index (χ0v) is 9.94. The zero-order chi connectivity index (χ0) is 13.0. The lowest BCUT2D eigenvalue weighted by molar-refractivity contribution is 1.27. The summed E-state index contributed by atoms with van der Waals surface area (Å²) in [4.78, 5) is 3.80. The molecule has 0 aliphatic carbocycles. The Hall–Kier alpha value is -2.56. The van der Waals surface area contributed by atoms with Crippen LogP contribution in [0.4, 0.5) is 11.4 Å². The number of hydrogen-bond donors (Lipinski definition) is 1. The molecular weight excluding hydrogens is 248 g/mol. The molecule has 0 amide bonds. The Kier molecular flexibility index (Phi) is 3.43. The number of para-hydroxylation sites is 1. The van der Waals surface area contributed by atoms with Crippen molar-refractivity contribution < 1.29 is 0 Å². The van der Waals surface area contributed by atoms with Crippen LogP contribution in [-0.4, -0.2) is 4.98 Å². The fourth-order valence-corrected chi connectivity index (χ4v) is 1.66. The van der Waals surface area contributed by atoms with Gasteiger partial charge in [-0.25, -0.2) is 4.98 Å². The van der Waals surface area contributed by atoms with Gasteiger partial charge in [0.2, 0.25) is 0 Å². The molecule has 0 fully saturated rings. The monoisotopic (exact) mass is 254 g/mol. The molecule has 0 saturated carbocycles. The summed E-state index contributed by atoms with van der Waals surface area (Å²) in [5, 5.41) is 21.2. The normalized spacial score (nSPS) is 9.28. The molecule has 0 saturated heterocycles. The summed E-state index contributed by atoms with van der Waals surface area (Å²) < 4.78 is 0. The van der Waals surface area contributed by atoms with Crippen molar-refractivity contribution in [3.05, 3.63) is 52.8 Å². The Labute approximate surface area is 109 Å². The van der Waals surface area contributed by atoms with Crippen molar-refractivity contribution in [2.75, 3.05) is 5.32 Å². The highest BCUT2D eigenvalue weighted by molar-refractivity contribution is 6.31. The number of rotatable bonds is 2. The first-order valence-corrected chi connectivity index (χ1v) is 5.45. The fourth-order valence-electron chi connectivity index (χ4n) is 1.47. The second kappa shape index (κ2) is 5.18. The second-order valence-corrected chi connectivity index (χ2v) is 3.79. The van der Waals surface area contributed by atoms with Gasteiger partial charge in [0.05, 0.1) is 11.3 Å². The number of benzene rings is 1. The molecule has 0 aliphatic rings. The number of pyridine rings is 1. The number of aromatic nitrogens is 1. The highest BCUT2D eigenvalue weighted by Crippen LogP contribution is 2.28. The van der Waals surface area contributed by atoms with Crippen LogP contribution in [0.1, 0.15) is 11.1 Å². The molecule has 0 atom stereocenters. The molecule has 4 nitrogen and oxygen atoms in total. The third-order valence-corrected chi connectivity index (χ3v) is 2.59. The van der Waals surface area contributed by atoms with Crippen LogP contribution in [-0.2, 0) is 0 Å². The van der Waals surface area contributed by atoms with E-state index in [4.69, 9.17) is 22.1 Å². The maximum absolute atomic E-state index is 9.07. The molecule has 0 bridgehead atoms. The topological polar surface area (TPSA) is 72.5 Å². The van der Waals surface area contributed by atoms with Gasteiger partial charge in [0.1, 0.15) is 22.9 Å². The average molecular weight is 255 g/mol. The molecule has 1 aromatic heterocycles. The number of nitrogens with one attached hydrogen (secondary N) is 1. The molecule has 0 unspecified atom stereocenters. The van der Waals surface area contributed by atoms with Gasteiger partial charge in [0.15, 0.2) is 0 Å². The van der Waals surface area contributed by atoms with E-state index in [1.54, 1.807) is 0 Å². The Bertz CT molecular complexity index is 653. The van der Waals surface area contributed by atoms with E-state index in [9.17, 15) is 0 Å². The predicted octanol–water partition coefficient (Wildman–Crippen LogP) is 3.22. The maximum Gasteiger partial charge on any atom is 0.148 e. The van der Waals surface area contributed by atoms with Crippen molar-refractivity contribution in [1.82, 2.24) is 4.98 Å². The molecule has 2 aromatic rings.